The van der Waals surface area contributed by atoms with Crippen LogP contribution in [0.25, 0.3) is 0 Å². The highest BCUT2D eigenvalue weighted by Crippen LogP contribution is 2.12. The van der Waals surface area contributed by atoms with Crippen molar-refractivity contribution in [2.45, 2.75) is 6.42 Å². The smallest absolute Gasteiger partial charge is 0.251 e. The van der Waals surface area contributed by atoms with Crippen molar-refractivity contribution in [2.24, 2.45) is 0 Å². The molecule has 1 aromatic carbocycles. The number of nitrogens with one attached hydrogen (secondary N) is 2. The number of hydrogen-bond acceptors (Lipinski definition) is 5. The van der Waals surface area contributed by atoms with Crippen LogP contribution in [0.4, 0.5) is 0 Å². The lowest BCUT2D eigenvalue weighted by atomic mass is 10.2. The number of rotatable bonds is 9. The normalized spacial score (nSPS) is 15.3. The molecule has 23 heavy (non-hydrogen) atoms. The van der Waals surface area contributed by atoms with E-state index >= 15 is 0 Å². The van der Waals surface area contributed by atoms with E-state index in [4.69, 9.17) is 9.47 Å². The topological polar surface area (TPSA) is 62.8 Å². The molecule has 0 aromatic heterocycles. The first-order valence-electron chi connectivity index (χ1n) is 8.22. The maximum absolute atomic E-state index is 12.1. The Hall–Kier alpha value is -1.63. The average Bonchev–Trinajstić information content (AvgIpc) is 2.60. The second kappa shape index (κ2) is 10.2. The Morgan fingerprint density at radius 1 is 1.22 bits per heavy atom. The first-order chi connectivity index (χ1) is 11.3. The lowest BCUT2D eigenvalue weighted by Crippen LogP contribution is -2.46. The van der Waals surface area contributed by atoms with Crippen molar-refractivity contribution in [1.82, 2.24) is 15.5 Å². The molecule has 1 aliphatic rings. The van der Waals surface area contributed by atoms with Gasteiger partial charge in [0.05, 0.1) is 6.61 Å². The zero-order valence-corrected chi connectivity index (χ0v) is 13.8. The standard InChI is InChI=1S/C17H27N3O3/c1-22-13-2-14-23-16-5-3-15(4-6-16)17(21)19-9-12-20-10-7-18-8-11-20/h3-6,18H,2,7-14H2,1H3,(H,19,21). The molecule has 1 heterocycles. The van der Waals surface area contributed by atoms with Crippen molar-refractivity contribution in [3.8, 4) is 5.75 Å². The van der Waals surface area contributed by atoms with Gasteiger partial charge in [0.15, 0.2) is 0 Å². The van der Waals surface area contributed by atoms with Gasteiger partial charge < -0.3 is 20.1 Å². The summed E-state index contributed by atoms with van der Waals surface area (Å²) in [4.78, 5) is 14.5. The maximum atomic E-state index is 12.1. The summed E-state index contributed by atoms with van der Waals surface area (Å²) in [6.07, 6.45) is 0.852. The third-order valence-electron chi connectivity index (χ3n) is 3.80. The van der Waals surface area contributed by atoms with Crippen LogP contribution in [0, 0.1) is 0 Å². The van der Waals surface area contributed by atoms with Crippen molar-refractivity contribution < 1.29 is 14.3 Å². The lowest BCUT2D eigenvalue weighted by molar-refractivity contribution is 0.0947. The number of ether oxygens (including phenoxy) is 2. The summed E-state index contributed by atoms with van der Waals surface area (Å²) in [7, 11) is 1.68. The third kappa shape index (κ3) is 6.56. The molecule has 0 aliphatic carbocycles. The van der Waals surface area contributed by atoms with Crippen molar-refractivity contribution in [3.05, 3.63) is 29.8 Å². The van der Waals surface area contributed by atoms with Crippen LogP contribution in [0.1, 0.15) is 16.8 Å². The number of benzene rings is 1. The van der Waals surface area contributed by atoms with Gasteiger partial charge >= 0.3 is 0 Å². The largest absolute Gasteiger partial charge is 0.494 e. The van der Waals surface area contributed by atoms with Gasteiger partial charge in [-0.25, -0.2) is 0 Å². The minimum absolute atomic E-state index is 0.0360. The van der Waals surface area contributed by atoms with Gasteiger partial charge in [-0.3, -0.25) is 9.69 Å². The van der Waals surface area contributed by atoms with Crippen LogP contribution in [-0.4, -0.2) is 70.4 Å². The van der Waals surface area contributed by atoms with Gasteiger partial charge in [-0.05, 0) is 24.3 Å². The number of hydrogen-bond donors (Lipinski definition) is 2. The van der Waals surface area contributed by atoms with Crippen LogP contribution in [0.15, 0.2) is 24.3 Å². The predicted octanol–water partition coefficient (Wildman–Crippen LogP) is 0.737. The van der Waals surface area contributed by atoms with Crippen molar-refractivity contribution in [1.29, 1.82) is 0 Å². The number of methoxy groups -OCH3 is 1. The second-order valence-electron chi connectivity index (χ2n) is 5.57. The van der Waals surface area contributed by atoms with Crippen molar-refractivity contribution in [3.63, 3.8) is 0 Å². The molecule has 1 aromatic rings. The van der Waals surface area contributed by atoms with Gasteiger partial charge in [0.2, 0.25) is 0 Å². The summed E-state index contributed by atoms with van der Waals surface area (Å²) < 4.78 is 10.6. The SMILES string of the molecule is COCCCOc1ccc(C(=O)NCCN2CCNCC2)cc1. The molecule has 6 nitrogen and oxygen atoms in total. The highest BCUT2D eigenvalue weighted by Gasteiger charge is 2.10. The molecule has 1 amide bonds. The van der Waals surface area contributed by atoms with Gasteiger partial charge in [-0.1, -0.05) is 0 Å². The van der Waals surface area contributed by atoms with Crippen molar-refractivity contribution in [2.75, 3.05) is 59.6 Å². The number of carbonyl (C=O) groups excluding carboxylic acids is 1. The minimum Gasteiger partial charge on any atom is -0.494 e. The predicted molar refractivity (Wildman–Crippen MR) is 90.1 cm³/mol. The van der Waals surface area contributed by atoms with Crippen LogP contribution < -0.4 is 15.4 Å². The first-order valence-corrected chi connectivity index (χ1v) is 8.22. The Bertz CT molecular complexity index is 459. The van der Waals surface area contributed by atoms with E-state index in [9.17, 15) is 4.79 Å². The first kappa shape index (κ1) is 17.7. The second-order valence-corrected chi connectivity index (χ2v) is 5.57. The molecule has 1 saturated heterocycles. The van der Waals surface area contributed by atoms with E-state index in [1.807, 2.05) is 12.1 Å². The van der Waals surface area contributed by atoms with Crippen LogP contribution in [-0.2, 0) is 4.74 Å². The van der Waals surface area contributed by atoms with Gasteiger partial charge in [-0.15, -0.1) is 0 Å². The summed E-state index contributed by atoms with van der Waals surface area (Å²) in [5.74, 6) is 0.740. The van der Waals surface area contributed by atoms with Gasteiger partial charge in [0.25, 0.3) is 5.91 Å². The summed E-state index contributed by atoms with van der Waals surface area (Å²) in [6, 6.07) is 7.26. The average molecular weight is 321 g/mol. The van der Waals surface area contributed by atoms with Crippen LogP contribution in [0.2, 0.25) is 0 Å². The monoisotopic (exact) mass is 321 g/mol. The fraction of sp³-hybridized carbons (Fsp3) is 0.588. The van der Waals surface area contributed by atoms with E-state index in [0.29, 0.717) is 25.3 Å². The number of amides is 1. The van der Waals surface area contributed by atoms with Crippen LogP contribution >= 0.6 is 0 Å². The molecule has 2 N–H and O–H groups in total. The zero-order valence-electron chi connectivity index (χ0n) is 13.8. The summed E-state index contributed by atoms with van der Waals surface area (Å²) in [5, 5.41) is 6.29. The van der Waals surface area contributed by atoms with E-state index in [0.717, 1.165) is 44.9 Å². The Morgan fingerprint density at radius 3 is 2.65 bits per heavy atom. The molecule has 0 bridgehead atoms. The lowest BCUT2D eigenvalue weighted by Gasteiger charge is -2.27. The molecule has 6 heteroatoms. The quantitative estimate of drug-likeness (QED) is 0.657. The Kier molecular flexibility index (Phi) is 7.86. The Balaban J connectivity index is 1.67. The summed E-state index contributed by atoms with van der Waals surface area (Å²) >= 11 is 0. The molecule has 0 atom stereocenters. The van der Waals surface area contributed by atoms with E-state index in [2.05, 4.69) is 15.5 Å². The highest BCUT2D eigenvalue weighted by molar-refractivity contribution is 5.94. The summed E-state index contributed by atoms with van der Waals surface area (Å²) in [6.45, 7) is 7.02. The molecule has 128 valence electrons. The Labute approximate surface area is 138 Å². The Morgan fingerprint density at radius 2 is 1.96 bits per heavy atom. The molecular formula is C17H27N3O3. The molecule has 0 saturated carbocycles. The van der Waals surface area contributed by atoms with Crippen LogP contribution in [0.5, 0.6) is 5.75 Å². The molecule has 1 aliphatic heterocycles. The molecular weight excluding hydrogens is 294 g/mol. The van der Waals surface area contributed by atoms with Crippen molar-refractivity contribution >= 4 is 5.91 Å². The molecule has 0 radical (unpaired) electrons. The van der Waals surface area contributed by atoms with E-state index < -0.39 is 0 Å². The van der Waals surface area contributed by atoms with Crippen LogP contribution in [0.3, 0.4) is 0 Å². The third-order valence-corrected chi connectivity index (χ3v) is 3.80. The highest BCUT2D eigenvalue weighted by atomic mass is 16.5. The molecule has 0 unspecified atom stereocenters. The maximum Gasteiger partial charge on any atom is 0.251 e. The number of nitrogens with zero attached hydrogens (tertiary/aromatic N) is 1. The number of piperazine rings is 1. The van der Waals surface area contributed by atoms with E-state index in [1.165, 1.54) is 0 Å². The zero-order chi connectivity index (χ0) is 16.3. The van der Waals surface area contributed by atoms with E-state index in [-0.39, 0.29) is 5.91 Å². The minimum atomic E-state index is -0.0360. The van der Waals surface area contributed by atoms with Gasteiger partial charge in [0.1, 0.15) is 5.75 Å². The fourth-order valence-corrected chi connectivity index (χ4v) is 2.46. The fourth-order valence-electron chi connectivity index (χ4n) is 2.46. The number of carbonyl (C=O) groups is 1. The summed E-state index contributed by atoms with van der Waals surface area (Å²) in [5.41, 5.74) is 0.662. The molecule has 2 rings (SSSR count). The van der Waals surface area contributed by atoms with E-state index in [1.54, 1.807) is 19.2 Å². The molecule has 0 spiro atoms. The molecule has 1 fully saturated rings. The van der Waals surface area contributed by atoms with Gasteiger partial charge in [0, 0.05) is 65.0 Å². The van der Waals surface area contributed by atoms with Gasteiger partial charge in [-0.2, -0.15) is 0 Å².